The minimum Gasteiger partial charge on any atom is -0.464 e. The van der Waals surface area contributed by atoms with Gasteiger partial charge in [-0.15, -0.1) is 11.8 Å². The third-order valence-electron chi connectivity index (χ3n) is 3.69. The van der Waals surface area contributed by atoms with Gasteiger partial charge in [-0.1, -0.05) is 54.6 Å². The molecule has 0 atom stereocenters. The Morgan fingerprint density at radius 1 is 0.762 bits per heavy atom. The molecule has 0 bridgehead atoms. The zero-order chi connectivity index (χ0) is 14.1. The summed E-state index contributed by atoms with van der Waals surface area (Å²) in [5.41, 5.74) is 2.22. The summed E-state index contributed by atoms with van der Waals surface area (Å²) in [6.07, 6.45) is 1.88. The number of para-hydroxylation sites is 1. The average Bonchev–Trinajstić information content (AvgIpc) is 2.96. The van der Waals surface area contributed by atoms with Crippen LogP contribution in [-0.2, 0) is 5.75 Å². The van der Waals surface area contributed by atoms with Crippen molar-refractivity contribution in [2.45, 2.75) is 10.6 Å². The summed E-state index contributed by atoms with van der Waals surface area (Å²) in [7, 11) is 0. The van der Waals surface area contributed by atoms with Crippen LogP contribution in [0.25, 0.3) is 21.7 Å². The van der Waals surface area contributed by atoms with Crippen LogP contribution in [0.3, 0.4) is 0 Å². The van der Waals surface area contributed by atoms with E-state index in [9.17, 15) is 0 Å². The van der Waals surface area contributed by atoms with Gasteiger partial charge in [0.1, 0.15) is 5.58 Å². The second-order valence-electron chi connectivity index (χ2n) is 5.02. The summed E-state index contributed by atoms with van der Waals surface area (Å²) < 4.78 is 5.61. The molecule has 3 aromatic carbocycles. The van der Waals surface area contributed by atoms with Crippen molar-refractivity contribution in [1.82, 2.24) is 0 Å². The maximum atomic E-state index is 5.61. The van der Waals surface area contributed by atoms with Gasteiger partial charge >= 0.3 is 0 Å². The van der Waals surface area contributed by atoms with E-state index in [1.54, 1.807) is 0 Å². The Hall–Kier alpha value is -2.19. The van der Waals surface area contributed by atoms with Crippen molar-refractivity contribution in [3.05, 3.63) is 78.6 Å². The second kappa shape index (κ2) is 5.30. The highest BCUT2D eigenvalue weighted by atomic mass is 32.2. The fraction of sp³-hybridized carbons (Fsp3) is 0.0526. The molecule has 2 heteroatoms. The first-order chi connectivity index (χ1) is 10.4. The van der Waals surface area contributed by atoms with Crippen LogP contribution in [-0.4, -0.2) is 0 Å². The monoisotopic (exact) mass is 290 g/mol. The summed E-state index contributed by atoms with van der Waals surface area (Å²) in [4.78, 5) is 1.32. The first-order valence-corrected chi connectivity index (χ1v) is 7.96. The smallest absolute Gasteiger partial charge is 0.134 e. The standard InChI is InChI=1S/C19H14OS/c1-2-9-17-14(6-1)7-5-11-19(17)21-13-15-12-20-18-10-4-3-8-16(15)18/h1-12H,13H2. The topological polar surface area (TPSA) is 13.1 Å². The fourth-order valence-corrected chi connectivity index (χ4v) is 3.67. The maximum Gasteiger partial charge on any atom is 0.134 e. The predicted octanol–water partition coefficient (Wildman–Crippen LogP) is 5.88. The summed E-state index contributed by atoms with van der Waals surface area (Å²) in [5, 5.41) is 3.82. The molecule has 0 amide bonds. The van der Waals surface area contributed by atoms with Gasteiger partial charge in [-0.25, -0.2) is 0 Å². The SMILES string of the molecule is c1ccc2c(SCc3coc4ccccc34)cccc2c1. The van der Waals surface area contributed by atoms with Crippen LogP contribution in [0.1, 0.15) is 5.56 Å². The van der Waals surface area contributed by atoms with Gasteiger partial charge in [0.25, 0.3) is 0 Å². The third kappa shape index (κ3) is 2.32. The molecule has 0 radical (unpaired) electrons. The van der Waals surface area contributed by atoms with Gasteiger partial charge in [-0.2, -0.15) is 0 Å². The molecule has 0 aliphatic rings. The van der Waals surface area contributed by atoms with E-state index in [1.807, 2.05) is 30.2 Å². The summed E-state index contributed by atoms with van der Waals surface area (Å²) >= 11 is 1.86. The first kappa shape index (κ1) is 12.5. The summed E-state index contributed by atoms with van der Waals surface area (Å²) in [6.45, 7) is 0. The van der Waals surface area contributed by atoms with E-state index in [1.165, 1.54) is 26.6 Å². The minimum absolute atomic E-state index is 0.922. The maximum absolute atomic E-state index is 5.61. The number of hydrogen-bond donors (Lipinski definition) is 0. The van der Waals surface area contributed by atoms with Gasteiger partial charge in [0.05, 0.1) is 6.26 Å². The molecule has 0 N–H and O–H groups in total. The van der Waals surface area contributed by atoms with E-state index in [0.717, 1.165) is 11.3 Å². The van der Waals surface area contributed by atoms with E-state index in [0.29, 0.717) is 0 Å². The van der Waals surface area contributed by atoms with E-state index < -0.39 is 0 Å². The van der Waals surface area contributed by atoms with E-state index in [2.05, 4.69) is 54.6 Å². The Kier molecular flexibility index (Phi) is 3.17. The molecule has 1 nitrogen and oxygen atoms in total. The molecule has 0 saturated carbocycles. The Morgan fingerprint density at radius 3 is 2.48 bits per heavy atom. The minimum atomic E-state index is 0.922. The molecule has 0 saturated heterocycles. The van der Waals surface area contributed by atoms with E-state index in [-0.39, 0.29) is 0 Å². The third-order valence-corrected chi connectivity index (χ3v) is 4.82. The normalized spacial score (nSPS) is 11.2. The van der Waals surface area contributed by atoms with Crippen LogP contribution in [0.15, 0.2) is 82.3 Å². The Labute approximate surface area is 127 Å². The lowest BCUT2D eigenvalue weighted by Gasteiger charge is -2.05. The number of benzene rings is 3. The first-order valence-electron chi connectivity index (χ1n) is 6.97. The Bertz CT molecular complexity index is 902. The molecule has 0 aliphatic carbocycles. The molecule has 0 unspecified atom stereocenters. The molecule has 4 aromatic rings. The molecule has 0 fully saturated rings. The number of fused-ring (bicyclic) bond motifs is 2. The highest BCUT2D eigenvalue weighted by Crippen LogP contribution is 2.32. The van der Waals surface area contributed by atoms with Crippen LogP contribution in [0, 0.1) is 0 Å². The Balaban J connectivity index is 1.67. The number of thioether (sulfide) groups is 1. The molecule has 1 aromatic heterocycles. The van der Waals surface area contributed by atoms with Crippen molar-refractivity contribution in [3.8, 4) is 0 Å². The molecule has 21 heavy (non-hydrogen) atoms. The van der Waals surface area contributed by atoms with Crippen LogP contribution in [0.5, 0.6) is 0 Å². The average molecular weight is 290 g/mol. The van der Waals surface area contributed by atoms with Gasteiger partial charge in [0.2, 0.25) is 0 Å². The van der Waals surface area contributed by atoms with Gasteiger partial charge in [-0.3, -0.25) is 0 Å². The predicted molar refractivity (Wildman–Crippen MR) is 89.7 cm³/mol. The lowest BCUT2D eigenvalue weighted by Crippen LogP contribution is -1.80. The zero-order valence-corrected chi connectivity index (χ0v) is 12.3. The Morgan fingerprint density at radius 2 is 1.52 bits per heavy atom. The molecule has 102 valence electrons. The largest absolute Gasteiger partial charge is 0.464 e. The van der Waals surface area contributed by atoms with E-state index in [4.69, 9.17) is 4.42 Å². The fourth-order valence-electron chi connectivity index (χ4n) is 2.62. The molecular weight excluding hydrogens is 276 g/mol. The summed E-state index contributed by atoms with van der Waals surface area (Å²) in [6, 6.07) is 23.2. The van der Waals surface area contributed by atoms with Crippen molar-refractivity contribution >= 4 is 33.5 Å². The zero-order valence-electron chi connectivity index (χ0n) is 11.5. The van der Waals surface area contributed by atoms with E-state index >= 15 is 0 Å². The van der Waals surface area contributed by atoms with Crippen molar-refractivity contribution < 1.29 is 4.42 Å². The number of rotatable bonds is 3. The van der Waals surface area contributed by atoms with Gasteiger partial charge < -0.3 is 4.42 Å². The van der Waals surface area contributed by atoms with Gasteiger partial charge in [0, 0.05) is 21.6 Å². The molecule has 1 heterocycles. The van der Waals surface area contributed by atoms with Crippen molar-refractivity contribution in [3.63, 3.8) is 0 Å². The molecular formula is C19H14OS. The van der Waals surface area contributed by atoms with Crippen LogP contribution in [0.4, 0.5) is 0 Å². The lowest BCUT2D eigenvalue weighted by molar-refractivity contribution is 0.612. The van der Waals surface area contributed by atoms with Crippen LogP contribution in [0.2, 0.25) is 0 Å². The molecule has 0 aliphatic heterocycles. The summed E-state index contributed by atoms with van der Waals surface area (Å²) in [5.74, 6) is 0.922. The molecule has 4 rings (SSSR count). The van der Waals surface area contributed by atoms with Crippen LogP contribution >= 0.6 is 11.8 Å². The van der Waals surface area contributed by atoms with Gasteiger partial charge in [-0.05, 0) is 22.9 Å². The van der Waals surface area contributed by atoms with Crippen molar-refractivity contribution in [1.29, 1.82) is 0 Å². The highest BCUT2D eigenvalue weighted by molar-refractivity contribution is 7.98. The quantitative estimate of drug-likeness (QED) is 0.437. The lowest BCUT2D eigenvalue weighted by atomic mass is 10.1. The molecule has 0 spiro atoms. The number of hydrogen-bond acceptors (Lipinski definition) is 2. The van der Waals surface area contributed by atoms with Gasteiger partial charge in [0.15, 0.2) is 0 Å². The second-order valence-corrected chi connectivity index (χ2v) is 6.04. The number of furan rings is 1. The highest BCUT2D eigenvalue weighted by Gasteiger charge is 2.07. The van der Waals surface area contributed by atoms with Crippen LogP contribution < -0.4 is 0 Å². The van der Waals surface area contributed by atoms with Crippen molar-refractivity contribution in [2.75, 3.05) is 0 Å². The van der Waals surface area contributed by atoms with Crippen molar-refractivity contribution in [2.24, 2.45) is 0 Å².